The second kappa shape index (κ2) is 12.4. The van der Waals surface area contributed by atoms with Crippen LogP contribution in [0.5, 0.6) is 0 Å². The van der Waals surface area contributed by atoms with E-state index in [0.29, 0.717) is 38.0 Å². The Kier molecular flexibility index (Phi) is 10.1. The first-order valence-electron chi connectivity index (χ1n) is 9.44. The number of nitrogens with two attached hydrogens (primary N) is 1. The van der Waals surface area contributed by atoms with Crippen molar-refractivity contribution in [1.29, 1.82) is 0 Å². The molecule has 1 fully saturated rings. The molecule has 2 aromatic heterocycles. The summed E-state index contributed by atoms with van der Waals surface area (Å²) in [5.41, 5.74) is 6.49. The van der Waals surface area contributed by atoms with Gasteiger partial charge in [0.05, 0.1) is 30.4 Å². The molecule has 1 saturated heterocycles. The number of aliphatic hydroxyl groups excluding tert-OH is 1. The third-order valence-electron chi connectivity index (χ3n) is 4.54. The van der Waals surface area contributed by atoms with Gasteiger partial charge in [-0.1, -0.05) is 34.9 Å². The Morgan fingerprint density at radius 1 is 1.32 bits per heavy atom. The molecule has 2 aromatic rings. The summed E-state index contributed by atoms with van der Waals surface area (Å²) in [4.78, 5) is 42.1. The molecular weight excluding hydrogens is 552 g/mol. The maximum absolute atomic E-state index is 12.7. The van der Waals surface area contributed by atoms with E-state index >= 15 is 0 Å². The molecule has 2 amide bonds. The summed E-state index contributed by atoms with van der Waals surface area (Å²) < 4.78 is 1.38. The van der Waals surface area contributed by atoms with Crippen LogP contribution in [0.25, 0.3) is 0 Å². The summed E-state index contributed by atoms with van der Waals surface area (Å²) >= 11 is 6.69. The van der Waals surface area contributed by atoms with Crippen molar-refractivity contribution < 1.29 is 54.2 Å². The molecule has 34 heavy (non-hydrogen) atoms. The largest absolute Gasteiger partial charge is 1.00 e. The van der Waals surface area contributed by atoms with Gasteiger partial charge in [-0.05, 0) is 5.57 Å². The first-order valence-corrected chi connectivity index (χ1v) is 14.2. The van der Waals surface area contributed by atoms with Crippen LogP contribution in [-0.4, -0.2) is 78.3 Å². The number of carboxylic acid groups (broad SMARTS) is 1. The third kappa shape index (κ3) is 6.28. The van der Waals surface area contributed by atoms with Gasteiger partial charge in [0.1, 0.15) is 11.4 Å². The van der Waals surface area contributed by atoms with Gasteiger partial charge in [-0.25, -0.2) is 4.98 Å². The predicted molar refractivity (Wildman–Crippen MR) is 126 cm³/mol. The molecule has 0 aromatic carbocycles. The average molecular weight is 569 g/mol. The van der Waals surface area contributed by atoms with Crippen molar-refractivity contribution in [2.45, 2.75) is 26.5 Å². The van der Waals surface area contributed by atoms with E-state index in [1.54, 1.807) is 5.38 Å². The summed E-state index contributed by atoms with van der Waals surface area (Å²) in [5, 5.41) is 33.0. The second-order valence-corrected chi connectivity index (χ2v) is 12.3. The van der Waals surface area contributed by atoms with Gasteiger partial charge < -0.3 is 26.1 Å². The van der Waals surface area contributed by atoms with Crippen molar-refractivity contribution in [2.75, 3.05) is 29.6 Å². The zero-order valence-corrected chi connectivity index (χ0v) is 23.8. The number of β-lactam (4-membered cyclic amide) rings is 1. The van der Waals surface area contributed by atoms with Crippen LogP contribution in [0.4, 0.5) is 5.13 Å². The Morgan fingerprint density at radius 3 is 2.71 bits per heavy atom. The number of aliphatic hydroxyl groups is 1. The second-order valence-electron chi connectivity index (χ2n) is 6.74. The van der Waals surface area contributed by atoms with E-state index in [1.165, 1.54) is 62.9 Å². The van der Waals surface area contributed by atoms with Crippen LogP contribution in [0.2, 0.25) is 0 Å². The molecule has 4 N–H and O–H groups in total. The van der Waals surface area contributed by atoms with Crippen molar-refractivity contribution in [3.63, 3.8) is 0 Å². The maximum atomic E-state index is 12.7. The Balaban J connectivity index is 0.00000324. The van der Waals surface area contributed by atoms with E-state index in [9.17, 15) is 19.5 Å². The number of anilines is 1. The molecular formula is C17H17N6NaO5S5. The van der Waals surface area contributed by atoms with Crippen molar-refractivity contribution >= 4 is 80.9 Å². The Morgan fingerprint density at radius 2 is 2.06 bits per heavy atom. The number of thioether (sulfide) groups is 3. The van der Waals surface area contributed by atoms with E-state index in [-0.39, 0.29) is 54.2 Å². The number of nitrogens with one attached hydrogen (secondary N) is 1. The van der Waals surface area contributed by atoms with Crippen molar-refractivity contribution in [2.24, 2.45) is 0 Å². The van der Waals surface area contributed by atoms with E-state index in [1.807, 2.05) is 0 Å². The van der Waals surface area contributed by atoms with Gasteiger partial charge in [-0.15, -0.1) is 33.3 Å². The molecule has 0 bridgehead atoms. The van der Waals surface area contributed by atoms with Crippen LogP contribution in [0.1, 0.15) is 5.69 Å². The number of fused-ring (bicyclic) bond motifs is 1. The number of carbonyl (C=O) groups excluding carboxylic acids is 3. The number of hydrogen-bond donors (Lipinski definition) is 3. The molecule has 2 aliphatic heterocycles. The standard InChI is InChI=1S/C17H18N6O5S5.Na/c18-15-19-8(6-31-15)3-9(25)20-10-12(26)23-11(14(27)28)7(4-30-13(10)23)5-32-17-22-21-16(33-17)29-2-1-24;/h6,10,13,24H,1-5H2,(H2,18,19)(H,20,25)(H,27,28);/q;+1/p-1/t10?,13-;/m1./s1. The van der Waals surface area contributed by atoms with E-state index in [2.05, 4.69) is 20.5 Å². The number of nitrogen functional groups attached to an aromatic ring is 1. The third-order valence-corrected chi connectivity index (χ3v) is 9.86. The number of amides is 2. The molecule has 0 spiro atoms. The molecule has 2 aliphatic rings. The zero-order valence-electron chi connectivity index (χ0n) is 17.8. The van der Waals surface area contributed by atoms with Crippen molar-refractivity contribution in [3.05, 3.63) is 22.3 Å². The molecule has 2 atom stereocenters. The summed E-state index contributed by atoms with van der Waals surface area (Å²) in [7, 11) is 0. The van der Waals surface area contributed by atoms with Gasteiger partial charge in [-0.2, -0.15) is 0 Å². The van der Waals surface area contributed by atoms with Crippen LogP contribution >= 0.6 is 58.0 Å². The number of carbonyl (C=O) groups is 3. The summed E-state index contributed by atoms with van der Waals surface area (Å²) in [6.07, 6.45) is -0.0135. The molecule has 176 valence electrons. The molecule has 0 saturated carbocycles. The summed E-state index contributed by atoms with van der Waals surface area (Å²) in [6, 6.07) is -0.809. The molecule has 17 heteroatoms. The minimum Gasteiger partial charge on any atom is -0.543 e. The van der Waals surface area contributed by atoms with Crippen LogP contribution < -0.4 is 45.7 Å². The smallest absolute Gasteiger partial charge is 0.543 e. The van der Waals surface area contributed by atoms with Gasteiger partial charge in [0.15, 0.2) is 13.8 Å². The van der Waals surface area contributed by atoms with Gasteiger partial charge in [-0.3, -0.25) is 14.5 Å². The number of aromatic nitrogens is 3. The Bertz CT molecular complexity index is 1110. The zero-order chi connectivity index (χ0) is 23.5. The number of rotatable bonds is 10. The first kappa shape index (κ1) is 27.7. The van der Waals surface area contributed by atoms with Crippen LogP contribution in [-0.2, 0) is 20.8 Å². The summed E-state index contributed by atoms with van der Waals surface area (Å²) in [5.74, 6) is -1.09. The quantitative estimate of drug-likeness (QED) is 0.146. The average Bonchev–Trinajstić information content (AvgIpc) is 3.42. The van der Waals surface area contributed by atoms with Crippen LogP contribution in [0.3, 0.4) is 0 Å². The van der Waals surface area contributed by atoms with Crippen LogP contribution in [0, 0.1) is 0 Å². The molecule has 0 radical (unpaired) electrons. The number of hydrogen-bond acceptors (Lipinski definition) is 14. The van der Waals surface area contributed by atoms with Gasteiger partial charge in [0.25, 0.3) is 5.91 Å². The Hall–Kier alpha value is -0.850. The first-order chi connectivity index (χ1) is 15.9. The fourth-order valence-electron chi connectivity index (χ4n) is 3.17. The molecule has 0 aliphatic carbocycles. The number of carboxylic acids is 1. The normalized spacial score (nSPS) is 19.3. The monoisotopic (exact) mass is 568 g/mol. The Labute approximate surface area is 237 Å². The predicted octanol–water partition coefficient (Wildman–Crippen LogP) is -3.60. The number of nitrogens with zero attached hydrogens (tertiary/aromatic N) is 4. The van der Waals surface area contributed by atoms with Crippen molar-refractivity contribution in [3.8, 4) is 0 Å². The van der Waals surface area contributed by atoms with E-state index < -0.39 is 23.3 Å². The number of thiazole rings is 1. The summed E-state index contributed by atoms with van der Waals surface area (Å²) in [6.45, 7) is 0.0395. The molecule has 4 heterocycles. The fraction of sp³-hybridized carbons (Fsp3) is 0.412. The topological polar surface area (TPSA) is 174 Å². The number of aliphatic carboxylic acids is 1. The van der Waals surface area contributed by atoms with Gasteiger partial charge in [0.2, 0.25) is 5.91 Å². The molecule has 11 nitrogen and oxygen atoms in total. The molecule has 4 rings (SSSR count). The van der Waals surface area contributed by atoms with Gasteiger partial charge >= 0.3 is 29.6 Å². The SMILES string of the molecule is Nc1nc(CC(=O)NC2C(=O)N3C(C(=O)[O-])=C(CSc4nnc(SCCO)s4)CS[C@H]23)cs1.[Na+]. The fourth-order valence-corrected chi connectivity index (χ4v) is 8.05. The minimum atomic E-state index is -1.43. The maximum Gasteiger partial charge on any atom is 1.00 e. The molecule has 1 unspecified atom stereocenters. The minimum absolute atomic E-state index is 0. The van der Waals surface area contributed by atoms with Crippen molar-refractivity contribution in [1.82, 2.24) is 25.4 Å². The van der Waals surface area contributed by atoms with Gasteiger partial charge in [0, 0.05) is 22.6 Å². The van der Waals surface area contributed by atoms with E-state index in [4.69, 9.17) is 10.8 Å². The van der Waals surface area contributed by atoms with E-state index in [0.717, 1.165) is 4.34 Å². The van der Waals surface area contributed by atoms with Crippen LogP contribution in [0.15, 0.2) is 25.3 Å².